The van der Waals surface area contributed by atoms with E-state index in [1.807, 2.05) is 30.3 Å². The fraction of sp³-hybridized carbons (Fsp3) is 0.0909. The summed E-state index contributed by atoms with van der Waals surface area (Å²) >= 11 is 3.50. The van der Waals surface area contributed by atoms with Gasteiger partial charge in [0, 0.05) is 28.3 Å². The van der Waals surface area contributed by atoms with Crippen LogP contribution in [0.4, 0.5) is 11.4 Å². The Bertz CT molecular complexity index is 1000. The number of anilines is 2. The van der Waals surface area contributed by atoms with E-state index in [0.717, 1.165) is 10.0 Å². The first-order valence-electron chi connectivity index (χ1n) is 8.67. The number of para-hydroxylation sites is 1. The molecule has 0 radical (unpaired) electrons. The molecule has 142 valence electrons. The second kappa shape index (κ2) is 9.19. The molecular weight excluding hydrogens is 420 g/mol. The Kier molecular flexibility index (Phi) is 6.45. The molecule has 0 aliphatic carbocycles. The van der Waals surface area contributed by atoms with Gasteiger partial charge in [0.25, 0.3) is 5.91 Å². The Hall–Kier alpha value is -3.12. The number of halogens is 1. The van der Waals surface area contributed by atoms with E-state index in [9.17, 15) is 9.59 Å². The van der Waals surface area contributed by atoms with Gasteiger partial charge >= 0.3 is 0 Å². The smallest absolute Gasteiger partial charge is 0.259 e. The predicted molar refractivity (Wildman–Crippen MR) is 114 cm³/mol. The zero-order valence-electron chi connectivity index (χ0n) is 15.2. The van der Waals surface area contributed by atoms with E-state index in [0.29, 0.717) is 29.3 Å². The molecule has 3 aromatic carbocycles. The highest BCUT2D eigenvalue weighted by molar-refractivity contribution is 9.10. The van der Waals surface area contributed by atoms with Crippen molar-refractivity contribution in [3.05, 3.63) is 88.4 Å². The number of carbonyl (C=O) groups is 2. The van der Waals surface area contributed by atoms with Crippen molar-refractivity contribution < 1.29 is 14.3 Å². The molecular formula is C22H19BrN2O3. The molecule has 0 saturated heterocycles. The number of hydrogen-bond acceptors (Lipinski definition) is 3. The Morgan fingerprint density at radius 3 is 2.32 bits per heavy atom. The van der Waals surface area contributed by atoms with Crippen molar-refractivity contribution in [3.63, 3.8) is 0 Å². The molecule has 0 aromatic heterocycles. The molecule has 0 bridgehead atoms. The van der Waals surface area contributed by atoms with E-state index < -0.39 is 0 Å². The van der Waals surface area contributed by atoms with Gasteiger partial charge in [-0.3, -0.25) is 9.59 Å². The van der Waals surface area contributed by atoms with Gasteiger partial charge in [-0.05, 0) is 36.4 Å². The number of benzene rings is 3. The maximum atomic E-state index is 12.8. The lowest BCUT2D eigenvalue weighted by molar-refractivity contribution is -0.114. The van der Waals surface area contributed by atoms with E-state index in [-0.39, 0.29) is 11.8 Å². The number of hydrogen-bond donors (Lipinski definition) is 2. The van der Waals surface area contributed by atoms with Crippen LogP contribution in [0, 0.1) is 0 Å². The molecule has 0 unspecified atom stereocenters. The number of nitrogens with one attached hydrogen (secondary N) is 2. The molecule has 3 rings (SSSR count). The molecule has 0 aliphatic heterocycles. The Morgan fingerprint density at radius 1 is 0.893 bits per heavy atom. The molecule has 5 nitrogen and oxygen atoms in total. The third kappa shape index (κ3) is 5.20. The normalized spacial score (nSPS) is 10.2. The van der Waals surface area contributed by atoms with Crippen LogP contribution in [0.3, 0.4) is 0 Å². The van der Waals surface area contributed by atoms with Crippen LogP contribution in [-0.4, -0.2) is 11.8 Å². The van der Waals surface area contributed by atoms with Gasteiger partial charge in [0.1, 0.15) is 12.4 Å². The monoisotopic (exact) mass is 438 g/mol. The number of carbonyl (C=O) groups excluding carboxylic acids is 2. The number of ether oxygens (including phenoxy) is 1. The molecule has 2 N–H and O–H groups in total. The largest absolute Gasteiger partial charge is 0.488 e. The van der Waals surface area contributed by atoms with Crippen LogP contribution in [0.25, 0.3) is 0 Å². The quantitative estimate of drug-likeness (QED) is 0.552. The van der Waals surface area contributed by atoms with Gasteiger partial charge in [0.05, 0.1) is 5.56 Å². The van der Waals surface area contributed by atoms with Gasteiger partial charge in [-0.1, -0.05) is 52.3 Å². The highest BCUT2D eigenvalue weighted by atomic mass is 79.9. The molecule has 0 fully saturated rings. The molecule has 6 heteroatoms. The average Bonchev–Trinajstić information content (AvgIpc) is 2.67. The van der Waals surface area contributed by atoms with Crippen molar-refractivity contribution in [3.8, 4) is 5.75 Å². The zero-order valence-corrected chi connectivity index (χ0v) is 16.8. The summed E-state index contributed by atoms with van der Waals surface area (Å²) in [5.41, 5.74) is 2.61. The summed E-state index contributed by atoms with van der Waals surface area (Å²) in [6, 6.07) is 21.8. The minimum absolute atomic E-state index is 0.172. The van der Waals surface area contributed by atoms with Crippen LogP contribution >= 0.6 is 15.9 Å². The summed E-state index contributed by atoms with van der Waals surface area (Å²) in [7, 11) is 0. The fourth-order valence-corrected chi connectivity index (χ4v) is 3.03. The van der Waals surface area contributed by atoms with Crippen molar-refractivity contribution in [1.29, 1.82) is 0 Å². The summed E-state index contributed by atoms with van der Waals surface area (Å²) in [5, 5.41) is 5.54. The van der Waals surface area contributed by atoms with Crippen molar-refractivity contribution >= 4 is 39.1 Å². The van der Waals surface area contributed by atoms with E-state index in [2.05, 4.69) is 26.6 Å². The average molecular weight is 439 g/mol. The van der Waals surface area contributed by atoms with Crippen LogP contribution in [0.2, 0.25) is 0 Å². The molecule has 0 spiro atoms. The summed E-state index contributed by atoms with van der Waals surface area (Å²) < 4.78 is 6.84. The van der Waals surface area contributed by atoms with Gasteiger partial charge in [-0.15, -0.1) is 0 Å². The zero-order chi connectivity index (χ0) is 19.9. The van der Waals surface area contributed by atoms with E-state index in [1.165, 1.54) is 6.92 Å². The van der Waals surface area contributed by atoms with Crippen molar-refractivity contribution in [2.45, 2.75) is 13.5 Å². The number of rotatable bonds is 6. The van der Waals surface area contributed by atoms with Gasteiger partial charge in [0.2, 0.25) is 5.91 Å². The Morgan fingerprint density at radius 2 is 1.57 bits per heavy atom. The third-order valence-corrected chi connectivity index (χ3v) is 4.69. The van der Waals surface area contributed by atoms with E-state index in [1.54, 1.807) is 42.5 Å². The van der Waals surface area contributed by atoms with Gasteiger partial charge in [0.15, 0.2) is 0 Å². The van der Waals surface area contributed by atoms with Gasteiger partial charge < -0.3 is 15.4 Å². The highest BCUT2D eigenvalue weighted by Gasteiger charge is 2.13. The first-order chi connectivity index (χ1) is 13.5. The lowest BCUT2D eigenvalue weighted by atomic mass is 10.1. The first kappa shape index (κ1) is 19.6. The lowest BCUT2D eigenvalue weighted by Gasteiger charge is -2.13. The summed E-state index contributed by atoms with van der Waals surface area (Å²) in [5.74, 6) is 0.0331. The number of amides is 2. The summed E-state index contributed by atoms with van der Waals surface area (Å²) in [4.78, 5) is 24.0. The standard InChI is InChI=1S/C22H19BrN2O3/c1-15(26)24-17-8-6-9-18(13-17)25-22(27)19-10-3-5-12-21(19)28-14-16-7-2-4-11-20(16)23/h2-13H,14H2,1H3,(H,24,26)(H,25,27). The maximum Gasteiger partial charge on any atom is 0.259 e. The van der Waals surface area contributed by atoms with Crippen molar-refractivity contribution in [2.75, 3.05) is 10.6 Å². The predicted octanol–water partition coefficient (Wildman–Crippen LogP) is 5.24. The van der Waals surface area contributed by atoms with E-state index in [4.69, 9.17) is 4.74 Å². The molecule has 3 aromatic rings. The van der Waals surface area contributed by atoms with Crippen molar-refractivity contribution in [1.82, 2.24) is 0 Å². The molecule has 0 heterocycles. The third-order valence-electron chi connectivity index (χ3n) is 3.91. The van der Waals surface area contributed by atoms with E-state index >= 15 is 0 Å². The molecule has 0 saturated carbocycles. The highest BCUT2D eigenvalue weighted by Crippen LogP contribution is 2.24. The molecule has 0 aliphatic rings. The Balaban J connectivity index is 1.74. The Labute approximate surface area is 171 Å². The van der Waals surface area contributed by atoms with Crippen LogP contribution in [0.5, 0.6) is 5.75 Å². The van der Waals surface area contributed by atoms with Crippen LogP contribution < -0.4 is 15.4 Å². The SMILES string of the molecule is CC(=O)Nc1cccc(NC(=O)c2ccccc2OCc2ccccc2Br)c1. The lowest BCUT2D eigenvalue weighted by Crippen LogP contribution is -2.14. The topological polar surface area (TPSA) is 67.4 Å². The summed E-state index contributed by atoms with van der Waals surface area (Å²) in [6.45, 7) is 1.77. The van der Waals surface area contributed by atoms with Gasteiger partial charge in [-0.2, -0.15) is 0 Å². The maximum absolute atomic E-state index is 12.8. The molecule has 28 heavy (non-hydrogen) atoms. The minimum atomic E-state index is -0.289. The fourth-order valence-electron chi connectivity index (χ4n) is 2.63. The van der Waals surface area contributed by atoms with Gasteiger partial charge in [-0.25, -0.2) is 0 Å². The van der Waals surface area contributed by atoms with Crippen LogP contribution in [-0.2, 0) is 11.4 Å². The van der Waals surface area contributed by atoms with Crippen molar-refractivity contribution in [2.24, 2.45) is 0 Å². The molecule has 0 atom stereocenters. The minimum Gasteiger partial charge on any atom is -0.488 e. The van der Waals surface area contributed by atoms with Crippen LogP contribution in [0.15, 0.2) is 77.3 Å². The summed E-state index contributed by atoms with van der Waals surface area (Å²) in [6.07, 6.45) is 0. The van der Waals surface area contributed by atoms with Crippen LogP contribution in [0.1, 0.15) is 22.8 Å². The second-order valence-electron chi connectivity index (χ2n) is 6.09. The molecule has 2 amide bonds. The second-order valence-corrected chi connectivity index (χ2v) is 6.95. The first-order valence-corrected chi connectivity index (χ1v) is 9.46.